The molecule has 0 saturated carbocycles. The van der Waals surface area contributed by atoms with Gasteiger partial charge >= 0.3 is 0 Å². The summed E-state index contributed by atoms with van der Waals surface area (Å²) in [4.78, 5) is 40.5. The van der Waals surface area contributed by atoms with Crippen LogP contribution in [0.4, 0.5) is 0 Å². The normalized spacial score (nSPS) is 12.8. The van der Waals surface area contributed by atoms with E-state index in [0.29, 0.717) is 36.7 Å². The number of aliphatic hydroxyl groups is 6. The average Bonchev–Trinajstić information content (AvgIpc) is 3.51. The van der Waals surface area contributed by atoms with Crippen molar-refractivity contribution in [2.75, 3.05) is 98.3 Å². The Labute approximate surface area is 497 Å². The van der Waals surface area contributed by atoms with E-state index in [2.05, 4.69) is 57.7 Å². The van der Waals surface area contributed by atoms with Crippen molar-refractivity contribution in [1.29, 1.82) is 0 Å². The minimum atomic E-state index is -3.06. The molecule has 0 aliphatic carbocycles. The SMILES string of the molecule is CCCCCCCCCCCC(=O)NC(CO)(CO)COCS(CCC[N+](C)(C)CCCCCCCCCC)(OCC(CO)(CO)NC(=O)CCCCCCCCCCC)OCC(CO)(CO)NC(=O)CCCCCCCCCCC. The van der Waals surface area contributed by atoms with Gasteiger partial charge in [-0.1, -0.05) is 220 Å². The van der Waals surface area contributed by atoms with Gasteiger partial charge in [-0.2, -0.15) is 10.6 Å². The van der Waals surface area contributed by atoms with Gasteiger partial charge in [-0.3, -0.25) is 22.7 Å². The summed E-state index contributed by atoms with van der Waals surface area (Å²) in [6.07, 6.45) is 40.1. The number of quaternary nitrogens is 1. The van der Waals surface area contributed by atoms with Crippen LogP contribution in [0.25, 0.3) is 0 Å². The van der Waals surface area contributed by atoms with Crippen molar-refractivity contribution in [2.24, 2.45) is 0 Å². The molecule has 0 fully saturated rings. The molecule has 0 atom stereocenters. The molecule has 0 rings (SSSR count). The lowest BCUT2D eigenvalue weighted by molar-refractivity contribution is -0.890. The van der Waals surface area contributed by atoms with E-state index < -0.39 is 80.1 Å². The van der Waals surface area contributed by atoms with Gasteiger partial charge in [-0.15, -0.1) is 0 Å². The fourth-order valence-electron chi connectivity index (χ4n) is 10.2. The van der Waals surface area contributed by atoms with E-state index in [1.54, 1.807) is 0 Å². The first-order chi connectivity index (χ1) is 39.1. The maximum atomic E-state index is 13.6. The molecule has 9 N–H and O–H groups in total. The molecule has 0 heterocycles. The van der Waals surface area contributed by atoms with Gasteiger partial charge in [0.25, 0.3) is 0 Å². The molecule has 3 amide bonds. The molecule has 0 aliphatic rings. The molecule has 0 spiro atoms. The number of nitrogens with zero attached hydrogens (tertiary/aromatic N) is 1. The highest BCUT2D eigenvalue weighted by Crippen LogP contribution is 2.52. The summed E-state index contributed by atoms with van der Waals surface area (Å²) in [5.41, 5.74) is -4.84. The summed E-state index contributed by atoms with van der Waals surface area (Å²) in [6, 6.07) is 0. The Bertz CT molecular complexity index is 1410. The van der Waals surface area contributed by atoms with Crippen LogP contribution in [0.15, 0.2) is 0 Å². The number of ether oxygens (including phenoxy) is 1. The summed E-state index contributed by atoms with van der Waals surface area (Å²) >= 11 is 0. The van der Waals surface area contributed by atoms with E-state index >= 15 is 0 Å². The Kier molecular flexibility index (Phi) is 50.5. The third-order valence-corrected chi connectivity index (χ3v) is 18.7. The number of hydrogen-bond donors (Lipinski definition) is 9. The summed E-state index contributed by atoms with van der Waals surface area (Å²) < 4.78 is 20.8. The number of nitrogens with one attached hydrogen (secondary N) is 3. The molecule has 484 valence electrons. The molecule has 17 heteroatoms. The molecule has 0 aliphatic heterocycles. The van der Waals surface area contributed by atoms with Crippen molar-refractivity contribution in [2.45, 2.75) is 295 Å². The van der Waals surface area contributed by atoms with Crippen LogP contribution in [0, 0.1) is 0 Å². The van der Waals surface area contributed by atoms with Crippen molar-refractivity contribution in [3.63, 3.8) is 0 Å². The van der Waals surface area contributed by atoms with Gasteiger partial charge in [-0.05, 0) is 32.1 Å². The number of aliphatic hydroxyl groups excluding tert-OH is 6. The van der Waals surface area contributed by atoms with Crippen molar-refractivity contribution < 1.29 is 62.6 Å². The standard InChI is InChI=1S/C64H130N4O12S/c1-7-11-15-19-23-27-30-34-38-43-59(75)65-62(49-69,50-70)55-78-58-81(48-42-47-68(5,6)46-41-37-33-26-22-18-14-10-4,79-56-63(51-71,52-72)66-60(76)44-39-35-31-28-24-20-16-12-8-2)80-57-64(53-73,54-74)67-61(77)45-40-36-32-29-25-21-17-13-9-3/h69-74H,7-58H2,1-6H3,(H2-,65,66,67,75,76,77)/p+1. The van der Waals surface area contributed by atoms with Gasteiger partial charge in [-0.25, -0.2) is 0 Å². The monoisotopic (exact) mass is 1180 g/mol. The van der Waals surface area contributed by atoms with Gasteiger partial charge < -0.3 is 55.8 Å². The second kappa shape index (κ2) is 51.6. The molecule has 16 nitrogen and oxygen atoms in total. The highest BCUT2D eigenvalue weighted by atomic mass is 32.3. The first-order valence-corrected chi connectivity index (χ1v) is 35.0. The van der Waals surface area contributed by atoms with E-state index in [4.69, 9.17) is 13.1 Å². The zero-order valence-electron chi connectivity index (χ0n) is 53.3. The van der Waals surface area contributed by atoms with Crippen LogP contribution >= 0.6 is 10.6 Å². The topological polar surface area (TPSA) is 236 Å². The number of amides is 3. The molecule has 0 aromatic heterocycles. The Morgan fingerprint density at radius 1 is 0.358 bits per heavy atom. The van der Waals surface area contributed by atoms with Gasteiger partial charge in [0.15, 0.2) is 0 Å². The maximum Gasteiger partial charge on any atom is 0.220 e. The Balaban J connectivity index is 6.80. The first kappa shape index (κ1) is 79.4. The van der Waals surface area contributed by atoms with Crippen LogP contribution in [-0.4, -0.2) is 168 Å². The van der Waals surface area contributed by atoms with Crippen LogP contribution in [0.5, 0.6) is 0 Å². The minimum Gasteiger partial charge on any atom is -0.394 e. The van der Waals surface area contributed by atoms with Crippen LogP contribution in [0.3, 0.4) is 0 Å². The second-order valence-electron chi connectivity index (χ2n) is 24.8. The largest absolute Gasteiger partial charge is 0.394 e. The van der Waals surface area contributed by atoms with Gasteiger partial charge in [0.1, 0.15) is 22.6 Å². The maximum absolute atomic E-state index is 13.6. The second-order valence-corrected chi connectivity index (χ2v) is 27.4. The molecule has 0 aromatic carbocycles. The van der Waals surface area contributed by atoms with Gasteiger partial charge in [0.2, 0.25) is 17.7 Å². The lowest BCUT2D eigenvalue weighted by Gasteiger charge is -2.47. The number of carbonyl (C=O) groups excluding carboxylic acids is 3. The Morgan fingerprint density at radius 3 is 0.889 bits per heavy atom. The molecule has 0 unspecified atom stereocenters. The number of rotatable bonds is 62. The highest BCUT2D eigenvalue weighted by Gasteiger charge is 2.40. The Morgan fingerprint density at radius 2 is 0.605 bits per heavy atom. The number of carbonyl (C=O) groups is 3. The molecular weight excluding hydrogens is 1050 g/mol. The zero-order valence-corrected chi connectivity index (χ0v) is 54.1. The van der Waals surface area contributed by atoms with Crippen LogP contribution < -0.4 is 16.0 Å². The fraction of sp³-hybridized carbons (Fsp3) is 0.953. The fourth-order valence-corrected chi connectivity index (χ4v) is 12.6. The lowest BCUT2D eigenvalue weighted by Crippen LogP contribution is -2.59. The molecule has 0 saturated heterocycles. The van der Waals surface area contributed by atoms with E-state index in [9.17, 15) is 45.0 Å². The van der Waals surface area contributed by atoms with Crippen LogP contribution in [0.2, 0.25) is 0 Å². The summed E-state index contributed by atoms with van der Waals surface area (Å²) in [5.74, 6) is -1.08. The van der Waals surface area contributed by atoms with E-state index in [1.807, 2.05) is 0 Å². The third-order valence-electron chi connectivity index (χ3n) is 16.1. The smallest absolute Gasteiger partial charge is 0.220 e. The van der Waals surface area contributed by atoms with Crippen molar-refractivity contribution >= 4 is 28.3 Å². The molecule has 81 heavy (non-hydrogen) atoms. The van der Waals surface area contributed by atoms with Gasteiger partial charge in [0.05, 0.1) is 86.6 Å². The zero-order chi connectivity index (χ0) is 60.2. The van der Waals surface area contributed by atoms with Crippen molar-refractivity contribution in [3.05, 3.63) is 0 Å². The molecule has 0 radical (unpaired) electrons. The summed E-state index contributed by atoms with van der Waals surface area (Å²) in [5, 5.41) is 73.9. The average molecular weight is 1180 g/mol. The molecule has 0 aromatic rings. The van der Waals surface area contributed by atoms with E-state index in [1.165, 1.54) is 135 Å². The summed E-state index contributed by atoms with van der Waals surface area (Å²) in [7, 11) is 1.30. The predicted octanol–water partition coefficient (Wildman–Crippen LogP) is 11.5. The van der Waals surface area contributed by atoms with E-state index in [0.717, 1.165) is 77.2 Å². The lowest BCUT2D eigenvalue weighted by atomic mass is 10.0. The molecular formula is C64H131N4O12S+. The predicted molar refractivity (Wildman–Crippen MR) is 335 cm³/mol. The van der Waals surface area contributed by atoms with Crippen molar-refractivity contribution in [1.82, 2.24) is 16.0 Å². The summed E-state index contributed by atoms with van der Waals surface area (Å²) in [6.45, 7) is 5.40. The van der Waals surface area contributed by atoms with E-state index in [-0.39, 0.29) is 55.3 Å². The minimum absolute atomic E-state index is 0.199. The Hall–Kier alpha value is -1.64. The van der Waals surface area contributed by atoms with Crippen molar-refractivity contribution in [3.8, 4) is 0 Å². The quantitative estimate of drug-likeness (QED) is 0.0204. The number of hydrogen-bond acceptors (Lipinski definition) is 12. The first-order valence-electron chi connectivity index (χ1n) is 33.2. The molecule has 0 bridgehead atoms. The number of unbranched alkanes of at least 4 members (excludes halogenated alkanes) is 31. The highest BCUT2D eigenvalue weighted by molar-refractivity contribution is 8.25. The van der Waals surface area contributed by atoms with Crippen LogP contribution in [0.1, 0.15) is 278 Å². The van der Waals surface area contributed by atoms with Crippen LogP contribution in [-0.2, 0) is 27.5 Å². The van der Waals surface area contributed by atoms with Gasteiger partial charge in [0, 0.05) is 31.4 Å². The third kappa shape index (κ3) is 41.2.